The van der Waals surface area contributed by atoms with Crippen LogP contribution in [0.3, 0.4) is 0 Å². The minimum atomic E-state index is 0.637. The third kappa shape index (κ3) is 2.42. The molecule has 0 spiro atoms. The lowest BCUT2D eigenvalue weighted by atomic mass is 9.88. The van der Waals surface area contributed by atoms with Crippen LogP contribution in [0.2, 0.25) is 0 Å². The molecule has 0 amide bonds. The zero-order chi connectivity index (χ0) is 11.8. The first-order chi connectivity index (χ1) is 8.22. The molecule has 1 N–H and O–H groups in total. The summed E-state index contributed by atoms with van der Waals surface area (Å²) in [6.07, 6.45) is 7.72. The van der Waals surface area contributed by atoms with E-state index < -0.39 is 0 Å². The number of nitrogens with one attached hydrogen (secondary N) is 1. The van der Waals surface area contributed by atoms with Crippen molar-refractivity contribution in [1.82, 2.24) is 15.3 Å². The van der Waals surface area contributed by atoms with E-state index in [1.165, 1.54) is 25.9 Å². The van der Waals surface area contributed by atoms with E-state index in [0.717, 1.165) is 30.8 Å². The highest BCUT2D eigenvalue weighted by Crippen LogP contribution is 2.44. The minimum absolute atomic E-state index is 0.637. The summed E-state index contributed by atoms with van der Waals surface area (Å²) in [4.78, 5) is 2.41. The Morgan fingerprint density at radius 3 is 2.47 bits per heavy atom. The molecule has 2 aliphatic carbocycles. The number of fused-ring (bicyclic) bond motifs is 2. The van der Waals surface area contributed by atoms with Crippen LogP contribution < -0.4 is 5.43 Å². The van der Waals surface area contributed by atoms with Crippen LogP contribution >= 0.6 is 0 Å². The third-order valence-corrected chi connectivity index (χ3v) is 4.86. The Labute approximate surface area is 105 Å². The van der Waals surface area contributed by atoms with E-state index in [2.05, 4.69) is 41.5 Å². The predicted molar refractivity (Wildman–Crippen MR) is 70.5 cm³/mol. The molecule has 3 aliphatic rings. The van der Waals surface area contributed by atoms with Gasteiger partial charge in [0.15, 0.2) is 0 Å². The first kappa shape index (κ1) is 11.7. The van der Waals surface area contributed by atoms with Gasteiger partial charge >= 0.3 is 0 Å². The Bertz CT molecular complexity index is 294. The van der Waals surface area contributed by atoms with Crippen molar-refractivity contribution < 1.29 is 0 Å². The Kier molecular flexibility index (Phi) is 3.24. The molecule has 1 saturated carbocycles. The van der Waals surface area contributed by atoms with Crippen molar-refractivity contribution in [3.8, 4) is 0 Å². The summed E-state index contributed by atoms with van der Waals surface area (Å²) in [7, 11) is 2.21. The number of likely N-dealkylation sites (N-methyl/N-ethyl adjacent to an activating group) is 1. The van der Waals surface area contributed by atoms with Crippen LogP contribution in [0.4, 0.5) is 0 Å². The number of hydrogen-bond acceptors (Lipinski definition) is 3. The van der Waals surface area contributed by atoms with Gasteiger partial charge < -0.3 is 4.90 Å². The van der Waals surface area contributed by atoms with Crippen LogP contribution in [0.1, 0.15) is 19.8 Å². The lowest BCUT2D eigenvalue weighted by Gasteiger charge is -2.37. The van der Waals surface area contributed by atoms with Gasteiger partial charge in [-0.15, -0.1) is 0 Å². The molecule has 1 saturated heterocycles. The van der Waals surface area contributed by atoms with E-state index in [-0.39, 0.29) is 0 Å². The van der Waals surface area contributed by atoms with Crippen LogP contribution in [0, 0.1) is 17.8 Å². The van der Waals surface area contributed by atoms with Gasteiger partial charge in [0, 0.05) is 32.2 Å². The molecule has 1 heterocycles. The largest absolute Gasteiger partial charge is 0.304 e. The summed E-state index contributed by atoms with van der Waals surface area (Å²) in [5.41, 5.74) is 3.74. The van der Waals surface area contributed by atoms with Crippen LogP contribution in [-0.2, 0) is 0 Å². The van der Waals surface area contributed by atoms with Gasteiger partial charge in [-0.1, -0.05) is 12.2 Å². The molecule has 2 fully saturated rings. The summed E-state index contributed by atoms with van der Waals surface area (Å²) in [6, 6.07) is 0.637. The molecular weight excluding hydrogens is 210 g/mol. The number of nitrogens with zero attached hydrogens (tertiary/aromatic N) is 2. The van der Waals surface area contributed by atoms with Crippen LogP contribution in [-0.4, -0.2) is 49.2 Å². The third-order valence-electron chi connectivity index (χ3n) is 4.86. The molecule has 96 valence electrons. The highest BCUT2D eigenvalue weighted by Gasteiger charge is 2.38. The van der Waals surface area contributed by atoms with Gasteiger partial charge in [0.25, 0.3) is 0 Å². The van der Waals surface area contributed by atoms with Crippen molar-refractivity contribution in [1.29, 1.82) is 0 Å². The second kappa shape index (κ2) is 4.71. The first-order valence-electron chi connectivity index (χ1n) is 7.10. The van der Waals surface area contributed by atoms with Crippen molar-refractivity contribution in [2.75, 3.05) is 33.2 Å². The molecule has 0 radical (unpaired) electrons. The number of piperazine rings is 1. The van der Waals surface area contributed by atoms with Crippen molar-refractivity contribution in [3.63, 3.8) is 0 Å². The second-order valence-corrected chi connectivity index (χ2v) is 6.15. The van der Waals surface area contributed by atoms with E-state index in [1.807, 2.05) is 0 Å². The normalized spacial score (nSPS) is 40.0. The van der Waals surface area contributed by atoms with Gasteiger partial charge in [0.1, 0.15) is 0 Å². The molecule has 3 rings (SSSR count). The molecular formula is C14H25N3. The molecule has 0 aromatic carbocycles. The molecule has 4 atom stereocenters. The average Bonchev–Trinajstić information content (AvgIpc) is 2.94. The van der Waals surface area contributed by atoms with Gasteiger partial charge in [-0.2, -0.15) is 0 Å². The van der Waals surface area contributed by atoms with E-state index in [4.69, 9.17) is 0 Å². The van der Waals surface area contributed by atoms with Crippen LogP contribution in [0.25, 0.3) is 0 Å². The smallest absolute Gasteiger partial charge is 0.0259 e. The van der Waals surface area contributed by atoms with Gasteiger partial charge in [-0.05, 0) is 44.6 Å². The SMILES string of the molecule is CC(NN1CCN(C)CC1)C1CC2C=CC1C2. The summed E-state index contributed by atoms with van der Waals surface area (Å²) < 4.78 is 0. The Morgan fingerprint density at radius 1 is 1.12 bits per heavy atom. The van der Waals surface area contributed by atoms with Crippen LogP contribution in [0.15, 0.2) is 12.2 Å². The fourth-order valence-corrected chi connectivity index (χ4v) is 3.72. The Morgan fingerprint density at radius 2 is 1.88 bits per heavy atom. The van der Waals surface area contributed by atoms with Gasteiger partial charge in [-0.3, -0.25) is 5.43 Å². The Balaban J connectivity index is 1.50. The number of hydrazine groups is 1. The zero-order valence-electron chi connectivity index (χ0n) is 11.1. The minimum Gasteiger partial charge on any atom is -0.304 e. The molecule has 2 bridgehead atoms. The predicted octanol–water partition coefficient (Wildman–Crippen LogP) is 1.34. The second-order valence-electron chi connectivity index (χ2n) is 6.15. The number of allylic oxidation sites excluding steroid dienone is 2. The number of hydrogen-bond donors (Lipinski definition) is 1. The van der Waals surface area contributed by atoms with E-state index in [9.17, 15) is 0 Å². The highest BCUT2D eigenvalue weighted by molar-refractivity contribution is 5.11. The van der Waals surface area contributed by atoms with Crippen LogP contribution in [0.5, 0.6) is 0 Å². The van der Waals surface area contributed by atoms with E-state index in [1.54, 1.807) is 0 Å². The highest BCUT2D eigenvalue weighted by atomic mass is 15.5. The fourth-order valence-electron chi connectivity index (χ4n) is 3.72. The maximum absolute atomic E-state index is 3.74. The quantitative estimate of drug-likeness (QED) is 0.745. The molecule has 0 aromatic rings. The first-order valence-corrected chi connectivity index (χ1v) is 7.10. The van der Waals surface area contributed by atoms with E-state index in [0.29, 0.717) is 6.04 Å². The average molecular weight is 235 g/mol. The maximum Gasteiger partial charge on any atom is 0.0259 e. The van der Waals surface area contributed by atoms with Crippen molar-refractivity contribution >= 4 is 0 Å². The molecule has 1 aliphatic heterocycles. The molecule has 3 heteroatoms. The molecule has 17 heavy (non-hydrogen) atoms. The fraction of sp³-hybridized carbons (Fsp3) is 0.857. The molecule has 4 unspecified atom stereocenters. The topological polar surface area (TPSA) is 18.5 Å². The summed E-state index contributed by atoms with van der Waals surface area (Å²) in [6.45, 7) is 7.08. The van der Waals surface area contributed by atoms with Crippen molar-refractivity contribution in [2.45, 2.75) is 25.8 Å². The van der Waals surface area contributed by atoms with Crippen molar-refractivity contribution in [2.24, 2.45) is 17.8 Å². The maximum atomic E-state index is 3.74. The summed E-state index contributed by atoms with van der Waals surface area (Å²) in [5.74, 6) is 2.61. The molecule has 3 nitrogen and oxygen atoms in total. The number of rotatable bonds is 3. The van der Waals surface area contributed by atoms with Gasteiger partial charge in [0.2, 0.25) is 0 Å². The lowest BCUT2D eigenvalue weighted by molar-refractivity contribution is 0.0736. The Hall–Kier alpha value is -0.380. The monoisotopic (exact) mass is 235 g/mol. The van der Waals surface area contributed by atoms with E-state index >= 15 is 0 Å². The summed E-state index contributed by atoms with van der Waals surface area (Å²) >= 11 is 0. The molecule has 0 aromatic heterocycles. The van der Waals surface area contributed by atoms with Gasteiger partial charge in [0.05, 0.1) is 0 Å². The lowest BCUT2D eigenvalue weighted by Crippen LogP contribution is -2.54. The zero-order valence-corrected chi connectivity index (χ0v) is 11.1. The van der Waals surface area contributed by atoms with Gasteiger partial charge in [-0.25, -0.2) is 5.01 Å². The van der Waals surface area contributed by atoms with Crippen molar-refractivity contribution in [3.05, 3.63) is 12.2 Å². The summed E-state index contributed by atoms with van der Waals surface area (Å²) in [5, 5.41) is 2.43. The standard InChI is InChI=1S/C14H25N3/c1-11(14-10-12-3-4-13(14)9-12)15-17-7-5-16(2)6-8-17/h3-4,11-15H,5-10H2,1-2H3.